The Labute approximate surface area is 174 Å². The van der Waals surface area contributed by atoms with Crippen molar-refractivity contribution in [1.82, 2.24) is 10.6 Å². The number of nitrogens with one attached hydrogen (secondary N) is 2. The molecule has 154 valence electrons. The molecule has 4 nitrogen and oxygen atoms in total. The first-order valence-corrected chi connectivity index (χ1v) is 10.9. The minimum Gasteiger partial charge on any atom is -0.354 e. The predicted octanol–water partition coefficient (Wildman–Crippen LogP) is 4.41. The fraction of sp³-hybridized carbons (Fsp3) is 0.440. The van der Waals surface area contributed by atoms with E-state index < -0.39 is 0 Å². The molecular weight excluding hydrogens is 360 g/mol. The zero-order valence-corrected chi connectivity index (χ0v) is 17.1. The molecule has 0 aliphatic heterocycles. The first-order chi connectivity index (χ1) is 14.2. The Morgan fingerprint density at radius 3 is 1.93 bits per heavy atom. The summed E-state index contributed by atoms with van der Waals surface area (Å²) in [4.78, 5) is 25.0. The summed E-state index contributed by atoms with van der Waals surface area (Å²) in [7, 11) is 0. The van der Waals surface area contributed by atoms with Crippen molar-refractivity contribution in [2.45, 2.75) is 50.9 Å². The number of hydrogen-bond donors (Lipinski definition) is 2. The summed E-state index contributed by atoms with van der Waals surface area (Å²) < 4.78 is 0. The summed E-state index contributed by atoms with van der Waals surface area (Å²) in [6.45, 7) is 0.899. The lowest BCUT2D eigenvalue weighted by Gasteiger charge is -2.21. The summed E-state index contributed by atoms with van der Waals surface area (Å²) in [5.41, 5.74) is 1.93. The maximum atomic E-state index is 12.9. The lowest BCUT2D eigenvalue weighted by molar-refractivity contribution is -0.123. The van der Waals surface area contributed by atoms with Gasteiger partial charge >= 0.3 is 0 Å². The minimum absolute atomic E-state index is 0.0427. The fourth-order valence-electron chi connectivity index (χ4n) is 4.18. The molecule has 0 heterocycles. The SMILES string of the molecule is O=C(CCC1CCCCC1)NCCNC(=O)C(c1ccccc1)c1ccccc1. The van der Waals surface area contributed by atoms with Gasteiger partial charge in [-0.3, -0.25) is 9.59 Å². The highest BCUT2D eigenvalue weighted by molar-refractivity contribution is 5.87. The number of amides is 2. The highest BCUT2D eigenvalue weighted by Crippen LogP contribution is 2.27. The van der Waals surface area contributed by atoms with E-state index in [9.17, 15) is 9.59 Å². The van der Waals surface area contributed by atoms with Gasteiger partial charge in [0.1, 0.15) is 0 Å². The van der Waals surface area contributed by atoms with Gasteiger partial charge in [-0.05, 0) is 23.5 Å². The predicted molar refractivity (Wildman–Crippen MR) is 117 cm³/mol. The lowest BCUT2D eigenvalue weighted by atomic mass is 9.86. The van der Waals surface area contributed by atoms with Crippen molar-refractivity contribution in [3.8, 4) is 0 Å². The van der Waals surface area contributed by atoms with Crippen LogP contribution < -0.4 is 10.6 Å². The van der Waals surface area contributed by atoms with Crippen LogP contribution in [0.15, 0.2) is 60.7 Å². The van der Waals surface area contributed by atoms with Crippen molar-refractivity contribution in [2.24, 2.45) is 5.92 Å². The Balaban J connectivity index is 1.45. The summed E-state index contributed by atoms with van der Waals surface area (Å²) in [5, 5.41) is 5.93. The third-order valence-electron chi connectivity index (χ3n) is 5.78. The van der Waals surface area contributed by atoms with Gasteiger partial charge in [-0.15, -0.1) is 0 Å². The average molecular weight is 393 g/mol. The third-order valence-corrected chi connectivity index (χ3v) is 5.78. The Bertz CT molecular complexity index is 715. The van der Waals surface area contributed by atoms with E-state index in [1.807, 2.05) is 60.7 Å². The molecule has 1 aliphatic rings. The Hall–Kier alpha value is -2.62. The normalized spacial score (nSPS) is 14.5. The van der Waals surface area contributed by atoms with Crippen molar-refractivity contribution in [3.05, 3.63) is 71.8 Å². The van der Waals surface area contributed by atoms with Gasteiger partial charge in [0.05, 0.1) is 5.92 Å². The number of carbonyl (C=O) groups excluding carboxylic acids is 2. The Morgan fingerprint density at radius 2 is 1.34 bits per heavy atom. The molecule has 2 amide bonds. The molecule has 0 radical (unpaired) electrons. The first kappa shape index (κ1) is 21.1. The summed E-state index contributed by atoms with van der Waals surface area (Å²) in [6.07, 6.45) is 8.07. The van der Waals surface area contributed by atoms with E-state index in [-0.39, 0.29) is 17.7 Å². The van der Waals surface area contributed by atoms with E-state index in [1.165, 1.54) is 32.1 Å². The fourth-order valence-corrected chi connectivity index (χ4v) is 4.18. The molecule has 0 spiro atoms. The number of carbonyl (C=O) groups is 2. The zero-order chi connectivity index (χ0) is 20.3. The molecule has 0 saturated heterocycles. The molecule has 3 rings (SSSR count). The van der Waals surface area contributed by atoms with Crippen LogP contribution in [0.3, 0.4) is 0 Å². The third kappa shape index (κ3) is 6.74. The van der Waals surface area contributed by atoms with Gasteiger partial charge in [0, 0.05) is 19.5 Å². The van der Waals surface area contributed by atoms with E-state index in [1.54, 1.807) is 0 Å². The zero-order valence-electron chi connectivity index (χ0n) is 17.1. The number of benzene rings is 2. The number of hydrogen-bond acceptors (Lipinski definition) is 2. The molecule has 0 bridgehead atoms. The minimum atomic E-state index is -0.348. The van der Waals surface area contributed by atoms with Gasteiger partial charge in [-0.2, -0.15) is 0 Å². The topological polar surface area (TPSA) is 58.2 Å². The van der Waals surface area contributed by atoms with Gasteiger partial charge in [-0.1, -0.05) is 92.8 Å². The summed E-state index contributed by atoms with van der Waals surface area (Å²) in [5.74, 6) is 0.414. The van der Waals surface area contributed by atoms with Gasteiger partial charge in [0.25, 0.3) is 0 Å². The largest absolute Gasteiger partial charge is 0.354 e. The molecule has 1 fully saturated rings. The van der Waals surface area contributed by atoms with Crippen LogP contribution in [0.2, 0.25) is 0 Å². The summed E-state index contributed by atoms with van der Waals surface area (Å²) in [6, 6.07) is 19.6. The smallest absolute Gasteiger partial charge is 0.232 e. The van der Waals surface area contributed by atoms with Crippen molar-refractivity contribution in [1.29, 1.82) is 0 Å². The molecule has 0 atom stereocenters. The van der Waals surface area contributed by atoms with Crippen LogP contribution >= 0.6 is 0 Å². The van der Waals surface area contributed by atoms with E-state index in [0.717, 1.165) is 17.5 Å². The average Bonchev–Trinajstić information content (AvgIpc) is 2.78. The molecule has 1 saturated carbocycles. The molecule has 2 N–H and O–H groups in total. The van der Waals surface area contributed by atoms with Crippen molar-refractivity contribution < 1.29 is 9.59 Å². The first-order valence-electron chi connectivity index (χ1n) is 10.9. The van der Waals surface area contributed by atoms with Crippen LogP contribution in [0, 0.1) is 5.92 Å². The van der Waals surface area contributed by atoms with Crippen LogP contribution in [-0.2, 0) is 9.59 Å². The maximum Gasteiger partial charge on any atom is 0.232 e. The number of rotatable bonds is 9. The Kier molecular flexibility index (Phi) is 8.29. The Morgan fingerprint density at radius 1 is 0.793 bits per heavy atom. The van der Waals surface area contributed by atoms with Crippen LogP contribution in [0.1, 0.15) is 62.0 Å². The van der Waals surface area contributed by atoms with Crippen molar-refractivity contribution in [2.75, 3.05) is 13.1 Å². The lowest BCUT2D eigenvalue weighted by Crippen LogP contribution is -2.37. The van der Waals surface area contributed by atoms with E-state index in [4.69, 9.17) is 0 Å². The molecule has 4 heteroatoms. The molecule has 29 heavy (non-hydrogen) atoms. The van der Waals surface area contributed by atoms with Gasteiger partial charge in [0.2, 0.25) is 11.8 Å². The summed E-state index contributed by atoms with van der Waals surface area (Å²) >= 11 is 0. The molecule has 0 unspecified atom stereocenters. The van der Waals surface area contributed by atoms with Crippen molar-refractivity contribution in [3.63, 3.8) is 0 Å². The molecular formula is C25H32N2O2. The van der Waals surface area contributed by atoms with Crippen molar-refractivity contribution >= 4 is 11.8 Å². The second-order valence-corrected chi connectivity index (χ2v) is 7.94. The molecule has 0 aromatic heterocycles. The second kappa shape index (κ2) is 11.4. The van der Waals surface area contributed by atoms with Gasteiger partial charge in [0.15, 0.2) is 0 Å². The highest BCUT2D eigenvalue weighted by atomic mass is 16.2. The van der Waals surface area contributed by atoms with E-state index in [2.05, 4.69) is 10.6 Å². The van der Waals surface area contributed by atoms with Crippen LogP contribution in [0.25, 0.3) is 0 Å². The molecule has 1 aliphatic carbocycles. The van der Waals surface area contributed by atoms with Gasteiger partial charge < -0.3 is 10.6 Å². The van der Waals surface area contributed by atoms with Gasteiger partial charge in [-0.25, -0.2) is 0 Å². The monoisotopic (exact) mass is 392 g/mol. The maximum absolute atomic E-state index is 12.9. The second-order valence-electron chi connectivity index (χ2n) is 7.94. The quantitative estimate of drug-likeness (QED) is 0.621. The van der Waals surface area contributed by atoms with Crippen LogP contribution in [0.5, 0.6) is 0 Å². The van der Waals surface area contributed by atoms with Crippen LogP contribution in [-0.4, -0.2) is 24.9 Å². The van der Waals surface area contributed by atoms with E-state index in [0.29, 0.717) is 25.4 Å². The van der Waals surface area contributed by atoms with Crippen LogP contribution in [0.4, 0.5) is 0 Å². The molecule has 2 aromatic rings. The standard InChI is InChI=1S/C25H32N2O2/c28-23(17-16-20-10-4-1-5-11-20)26-18-19-27-25(29)24(21-12-6-2-7-13-21)22-14-8-3-9-15-22/h2-3,6-9,12-15,20,24H,1,4-5,10-11,16-19H2,(H,26,28)(H,27,29). The highest BCUT2D eigenvalue weighted by Gasteiger charge is 2.22. The van der Waals surface area contributed by atoms with E-state index >= 15 is 0 Å². The molecule has 2 aromatic carbocycles.